The molecule has 0 saturated heterocycles. The van der Waals surface area contributed by atoms with Gasteiger partial charge in [0.2, 0.25) is 11.8 Å². The summed E-state index contributed by atoms with van der Waals surface area (Å²) in [5.41, 5.74) is -1.36. The van der Waals surface area contributed by atoms with Crippen LogP contribution in [0.4, 0.5) is 9.59 Å². The van der Waals surface area contributed by atoms with Gasteiger partial charge in [0, 0.05) is 14.1 Å². The second-order valence-corrected chi connectivity index (χ2v) is 15.0. The zero-order valence-corrected chi connectivity index (χ0v) is 32.1. The van der Waals surface area contributed by atoms with Gasteiger partial charge in [-0.15, -0.1) is 0 Å². The SMILES string of the molecule is CC[C@@H](C)[C@H](NC(=O)OC(C)(C)C)C(=O)N(C)[C@H](C(=O)O)C(C)C.CC[C@@H](C)[C@H](NC(=O)OC(C)(C)C)C(=O)N(C)[C@H](C(=O)O)C(C)C. The summed E-state index contributed by atoms with van der Waals surface area (Å²) >= 11 is 0. The predicted molar refractivity (Wildman–Crippen MR) is 183 cm³/mol. The first kappa shape index (κ1) is 46.5. The van der Waals surface area contributed by atoms with Gasteiger partial charge in [-0.25, -0.2) is 19.2 Å². The second kappa shape index (κ2) is 20.1. The number of carboxylic acid groups (broad SMARTS) is 2. The van der Waals surface area contributed by atoms with Crippen molar-refractivity contribution >= 4 is 35.9 Å². The molecule has 0 aromatic rings. The molecular weight excluding hydrogens is 624 g/mol. The van der Waals surface area contributed by atoms with E-state index in [0.29, 0.717) is 12.8 Å². The van der Waals surface area contributed by atoms with E-state index in [0.717, 1.165) is 0 Å². The zero-order chi connectivity index (χ0) is 38.5. The molecule has 6 atom stereocenters. The van der Waals surface area contributed by atoms with E-state index in [1.54, 1.807) is 69.2 Å². The van der Waals surface area contributed by atoms with E-state index in [-0.39, 0.29) is 23.7 Å². The summed E-state index contributed by atoms with van der Waals surface area (Å²) in [7, 11) is 2.90. The summed E-state index contributed by atoms with van der Waals surface area (Å²) in [5.74, 6) is -3.83. The number of nitrogens with zero attached hydrogens (tertiary/aromatic N) is 2. The van der Waals surface area contributed by atoms with Crippen LogP contribution >= 0.6 is 0 Å². The van der Waals surface area contributed by atoms with Gasteiger partial charge in [-0.2, -0.15) is 0 Å². The molecule has 0 saturated carbocycles. The molecule has 0 aliphatic carbocycles. The Morgan fingerprint density at radius 1 is 0.583 bits per heavy atom. The first-order valence-corrected chi connectivity index (χ1v) is 16.6. The van der Waals surface area contributed by atoms with E-state index in [2.05, 4.69) is 10.6 Å². The summed E-state index contributed by atoms with van der Waals surface area (Å²) in [6.07, 6.45) is -0.0733. The largest absolute Gasteiger partial charge is 0.480 e. The average Bonchev–Trinajstić information content (AvgIpc) is 2.90. The Kier molecular flexibility index (Phi) is 19.4. The van der Waals surface area contributed by atoms with Gasteiger partial charge in [-0.05, 0) is 65.2 Å². The maximum atomic E-state index is 12.8. The molecule has 14 nitrogen and oxygen atoms in total. The van der Waals surface area contributed by atoms with Crippen molar-refractivity contribution in [2.75, 3.05) is 14.1 Å². The highest BCUT2D eigenvalue weighted by Crippen LogP contribution is 2.18. The highest BCUT2D eigenvalue weighted by atomic mass is 16.6. The van der Waals surface area contributed by atoms with Crippen LogP contribution in [0.15, 0.2) is 0 Å². The Morgan fingerprint density at radius 2 is 0.833 bits per heavy atom. The fourth-order valence-corrected chi connectivity index (χ4v) is 4.74. The van der Waals surface area contributed by atoms with Crippen molar-refractivity contribution in [1.82, 2.24) is 20.4 Å². The van der Waals surface area contributed by atoms with Crippen LogP contribution < -0.4 is 10.6 Å². The maximum absolute atomic E-state index is 12.8. The number of carboxylic acids is 2. The molecule has 0 fully saturated rings. The highest BCUT2D eigenvalue weighted by Gasteiger charge is 2.38. The van der Waals surface area contributed by atoms with Crippen molar-refractivity contribution in [3.05, 3.63) is 0 Å². The van der Waals surface area contributed by atoms with Gasteiger partial charge >= 0.3 is 24.1 Å². The van der Waals surface area contributed by atoms with Gasteiger partial charge in [0.1, 0.15) is 35.4 Å². The van der Waals surface area contributed by atoms with E-state index < -0.39 is 71.3 Å². The quantitative estimate of drug-likeness (QED) is 0.193. The normalized spacial score (nSPS) is 15.4. The van der Waals surface area contributed by atoms with E-state index >= 15 is 0 Å². The lowest BCUT2D eigenvalue weighted by molar-refractivity contribution is -0.152. The molecule has 4 N–H and O–H groups in total. The molecule has 0 aromatic carbocycles. The van der Waals surface area contributed by atoms with E-state index in [1.807, 2.05) is 27.7 Å². The lowest BCUT2D eigenvalue weighted by atomic mass is 9.96. The molecule has 0 radical (unpaired) electrons. The van der Waals surface area contributed by atoms with Crippen LogP contribution in [0.3, 0.4) is 0 Å². The minimum absolute atomic E-state index is 0.158. The van der Waals surface area contributed by atoms with E-state index in [1.165, 1.54) is 23.9 Å². The van der Waals surface area contributed by atoms with Crippen LogP contribution in [0, 0.1) is 23.7 Å². The minimum atomic E-state index is -1.07. The van der Waals surface area contributed by atoms with Crippen molar-refractivity contribution in [2.45, 2.75) is 145 Å². The number of ether oxygens (including phenoxy) is 2. The van der Waals surface area contributed by atoms with Crippen molar-refractivity contribution < 1.29 is 48.5 Å². The molecule has 0 rings (SSSR count). The molecular formula is C34H64N4O10. The average molecular weight is 689 g/mol. The molecule has 0 aliphatic rings. The van der Waals surface area contributed by atoms with Crippen molar-refractivity contribution in [2.24, 2.45) is 23.7 Å². The van der Waals surface area contributed by atoms with Gasteiger partial charge in [0.05, 0.1) is 0 Å². The number of carbonyl (C=O) groups is 6. The number of rotatable bonds is 14. The molecule has 14 heteroatoms. The molecule has 0 unspecified atom stereocenters. The highest BCUT2D eigenvalue weighted by molar-refractivity contribution is 5.90. The first-order valence-electron chi connectivity index (χ1n) is 16.6. The van der Waals surface area contributed by atoms with Crippen LogP contribution in [0.5, 0.6) is 0 Å². The third kappa shape index (κ3) is 16.5. The van der Waals surface area contributed by atoms with Crippen LogP contribution in [0.25, 0.3) is 0 Å². The number of amides is 4. The smallest absolute Gasteiger partial charge is 0.408 e. The number of aliphatic carboxylic acids is 2. The third-order valence-electron chi connectivity index (χ3n) is 7.60. The fourth-order valence-electron chi connectivity index (χ4n) is 4.74. The lowest BCUT2D eigenvalue weighted by Gasteiger charge is -2.33. The minimum Gasteiger partial charge on any atom is -0.480 e. The molecule has 4 amide bonds. The van der Waals surface area contributed by atoms with Gasteiger partial charge in [-0.3, -0.25) is 9.59 Å². The lowest BCUT2D eigenvalue weighted by Crippen LogP contribution is -2.56. The van der Waals surface area contributed by atoms with Crippen molar-refractivity contribution in [3.63, 3.8) is 0 Å². The van der Waals surface area contributed by atoms with E-state index in [9.17, 15) is 39.0 Å². The molecule has 0 heterocycles. The number of alkyl carbamates (subject to hydrolysis) is 2. The Morgan fingerprint density at radius 3 is 1.00 bits per heavy atom. The molecule has 0 spiro atoms. The number of hydrogen-bond acceptors (Lipinski definition) is 8. The van der Waals surface area contributed by atoms with Gasteiger partial charge < -0.3 is 40.1 Å². The third-order valence-corrected chi connectivity index (χ3v) is 7.60. The van der Waals surface area contributed by atoms with Gasteiger partial charge in [0.25, 0.3) is 0 Å². The maximum Gasteiger partial charge on any atom is 0.408 e. The van der Waals surface area contributed by atoms with Crippen molar-refractivity contribution in [1.29, 1.82) is 0 Å². The van der Waals surface area contributed by atoms with Gasteiger partial charge in [0.15, 0.2) is 0 Å². The molecule has 0 aliphatic heterocycles. The number of nitrogens with one attached hydrogen (secondary N) is 2. The number of carbonyl (C=O) groups excluding carboxylic acids is 4. The summed E-state index contributed by atoms with van der Waals surface area (Å²) in [4.78, 5) is 74.9. The molecule has 48 heavy (non-hydrogen) atoms. The van der Waals surface area contributed by atoms with Crippen LogP contribution in [-0.2, 0) is 28.7 Å². The Balaban J connectivity index is 0. The number of likely N-dealkylation sites (N-methyl/N-ethyl adjacent to an activating group) is 2. The Hall–Kier alpha value is -3.58. The summed E-state index contributed by atoms with van der Waals surface area (Å²) in [5, 5.41) is 23.9. The summed E-state index contributed by atoms with van der Waals surface area (Å²) in [6.45, 7) is 24.8. The summed E-state index contributed by atoms with van der Waals surface area (Å²) < 4.78 is 10.4. The van der Waals surface area contributed by atoms with Crippen molar-refractivity contribution in [3.8, 4) is 0 Å². The standard InChI is InChI=1S/2C17H32N2O5/c2*1-9-11(4)12(18-16(23)24-17(5,6)7)14(20)19(8)13(10(2)3)15(21)22/h2*10-13H,9H2,1-8H3,(H,18,23)(H,21,22)/t2*11-,12+,13+/m11/s1. The van der Waals surface area contributed by atoms with Crippen LogP contribution in [-0.4, -0.2) is 105 Å². The fraction of sp³-hybridized carbons (Fsp3) is 0.824. The van der Waals surface area contributed by atoms with Crippen LogP contribution in [0.1, 0.15) is 110 Å². The molecule has 280 valence electrons. The second-order valence-electron chi connectivity index (χ2n) is 15.0. The first-order chi connectivity index (χ1) is 21.6. The number of hydrogen-bond donors (Lipinski definition) is 4. The Bertz CT molecular complexity index is 997. The topological polar surface area (TPSA) is 192 Å². The molecule has 0 bridgehead atoms. The molecule has 0 aromatic heterocycles. The van der Waals surface area contributed by atoms with Crippen LogP contribution in [0.2, 0.25) is 0 Å². The summed E-state index contributed by atoms with van der Waals surface area (Å²) in [6, 6.07) is -3.58. The van der Waals surface area contributed by atoms with E-state index in [4.69, 9.17) is 9.47 Å². The Labute approximate surface area is 287 Å². The zero-order valence-electron chi connectivity index (χ0n) is 32.1. The predicted octanol–water partition coefficient (Wildman–Crippen LogP) is 4.99. The van der Waals surface area contributed by atoms with Gasteiger partial charge in [-0.1, -0.05) is 68.2 Å². The monoisotopic (exact) mass is 688 g/mol.